The topological polar surface area (TPSA) is 117 Å². The maximum absolute atomic E-state index is 13.2. The van der Waals surface area contributed by atoms with Gasteiger partial charge < -0.3 is 34.3 Å². The third-order valence-electron chi connectivity index (χ3n) is 13.6. The van der Waals surface area contributed by atoms with Crippen molar-refractivity contribution in [1.29, 1.82) is 0 Å². The number of carbonyl (C=O) groups is 1. The van der Waals surface area contributed by atoms with Crippen LogP contribution in [0.1, 0.15) is 59.3 Å². The number of ether oxygens (including phenoxy) is 4. The van der Waals surface area contributed by atoms with Gasteiger partial charge >= 0.3 is 5.97 Å². The molecule has 0 amide bonds. The second-order valence-corrected chi connectivity index (χ2v) is 15.7. The normalized spacial score (nSPS) is 45.7. The number of hydrogen-bond acceptors (Lipinski definition) is 9. The molecule has 1 aromatic carbocycles. The molecule has 8 aliphatic rings. The van der Waals surface area contributed by atoms with E-state index in [0.29, 0.717) is 19.6 Å². The Bertz CT molecular complexity index is 1670. The van der Waals surface area contributed by atoms with Gasteiger partial charge in [0.25, 0.3) is 0 Å². The Morgan fingerprint density at radius 3 is 2.76 bits per heavy atom. The molecule has 2 saturated carbocycles. The lowest BCUT2D eigenvalue weighted by Gasteiger charge is -2.56. The number of epoxide rings is 3. The molecular formula is C35H44N4O6. The van der Waals surface area contributed by atoms with Crippen molar-refractivity contribution in [2.45, 2.75) is 107 Å². The molecule has 240 valence electrons. The first-order valence-corrected chi connectivity index (χ1v) is 17.3. The van der Waals surface area contributed by atoms with Crippen LogP contribution < -0.4 is 5.32 Å². The lowest BCUT2D eigenvalue weighted by atomic mass is 9.44. The molecule has 1 aromatic heterocycles. The van der Waals surface area contributed by atoms with E-state index in [2.05, 4.69) is 60.1 Å². The van der Waals surface area contributed by atoms with Gasteiger partial charge in [-0.3, -0.25) is 4.68 Å². The van der Waals surface area contributed by atoms with Crippen LogP contribution in [0.15, 0.2) is 35.5 Å². The van der Waals surface area contributed by atoms with Gasteiger partial charge in [-0.2, -0.15) is 5.10 Å². The molecule has 3 aliphatic carbocycles. The Hall–Kier alpha value is -2.50. The summed E-state index contributed by atoms with van der Waals surface area (Å²) in [5.74, 6) is 0.0441. The number of nitrogens with zero attached hydrogens (tertiary/aromatic N) is 3. The molecule has 0 unspecified atom stereocenters. The number of hydrogen-bond donors (Lipinski definition) is 2. The first-order chi connectivity index (χ1) is 21.7. The van der Waals surface area contributed by atoms with Gasteiger partial charge in [0.1, 0.15) is 35.6 Å². The molecular weight excluding hydrogens is 572 g/mol. The molecule has 10 rings (SSSR count). The van der Waals surface area contributed by atoms with E-state index in [4.69, 9.17) is 24.0 Å². The van der Waals surface area contributed by atoms with Gasteiger partial charge in [0, 0.05) is 41.3 Å². The number of fused-ring (bicyclic) bond motifs is 5. The fourth-order valence-electron chi connectivity index (χ4n) is 11.3. The van der Waals surface area contributed by atoms with Crippen LogP contribution in [0.2, 0.25) is 0 Å². The number of carbonyl (C=O) groups excluding carboxylic acids is 1. The summed E-state index contributed by atoms with van der Waals surface area (Å²) in [5, 5.41) is 22.8. The Morgan fingerprint density at radius 1 is 1.09 bits per heavy atom. The largest absolute Gasteiger partial charge is 0.458 e. The van der Waals surface area contributed by atoms with Crippen LogP contribution in [0.3, 0.4) is 0 Å². The molecule has 0 bridgehead atoms. The highest BCUT2D eigenvalue weighted by molar-refractivity contribution is 5.92. The summed E-state index contributed by atoms with van der Waals surface area (Å²) in [5.41, 5.74) is 0.0240. The molecule has 6 heterocycles. The molecule has 0 radical (unpaired) electrons. The van der Waals surface area contributed by atoms with Crippen molar-refractivity contribution in [3.05, 3.63) is 35.5 Å². The summed E-state index contributed by atoms with van der Waals surface area (Å²) >= 11 is 0. The summed E-state index contributed by atoms with van der Waals surface area (Å²) in [6.07, 6.45) is 7.84. The van der Waals surface area contributed by atoms with Crippen molar-refractivity contribution < 1.29 is 28.8 Å². The van der Waals surface area contributed by atoms with Crippen molar-refractivity contribution in [3.8, 4) is 0 Å². The smallest absolute Gasteiger partial charge is 0.334 e. The van der Waals surface area contributed by atoms with Gasteiger partial charge in [0.05, 0.1) is 18.2 Å². The van der Waals surface area contributed by atoms with E-state index < -0.39 is 22.4 Å². The summed E-state index contributed by atoms with van der Waals surface area (Å²) in [7, 11) is 0. The number of rotatable bonds is 7. The predicted molar refractivity (Wildman–Crippen MR) is 165 cm³/mol. The highest BCUT2D eigenvalue weighted by atomic mass is 16.7. The number of aromatic nitrogens is 2. The highest BCUT2D eigenvalue weighted by Gasteiger charge is 3.04. The minimum absolute atomic E-state index is 0.0726. The van der Waals surface area contributed by atoms with Crippen LogP contribution in [0.5, 0.6) is 0 Å². The average Bonchev–Trinajstić information content (AvgIpc) is 3.97. The second kappa shape index (κ2) is 8.69. The summed E-state index contributed by atoms with van der Waals surface area (Å²) in [6, 6.07) is 6.26. The van der Waals surface area contributed by atoms with Crippen molar-refractivity contribution >= 4 is 22.6 Å². The van der Waals surface area contributed by atoms with Crippen LogP contribution in [0.4, 0.5) is 5.69 Å². The summed E-state index contributed by atoms with van der Waals surface area (Å²) < 4.78 is 27.9. The van der Waals surface area contributed by atoms with Gasteiger partial charge in [0.15, 0.2) is 5.60 Å². The van der Waals surface area contributed by atoms with Crippen LogP contribution in [-0.2, 0) is 30.3 Å². The maximum Gasteiger partial charge on any atom is 0.334 e. The predicted octanol–water partition coefficient (Wildman–Crippen LogP) is 3.42. The molecule has 10 heteroatoms. The lowest BCUT2D eigenvalue weighted by molar-refractivity contribution is -0.159. The van der Waals surface area contributed by atoms with Crippen LogP contribution in [0, 0.1) is 17.3 Å². The van der Waals surface area contributed by atoms with Crippen LogP contribution in [0.25, 0.3) is 10.9 Å². The summed E-state index contributed by atoms with van der Waals surface area (Å²) in [4.78, 5) is 15.1. The zero-order valence-electron chi connectivity index (χ0n) is 26.5. The Morgan fingerprint density at radius 2 is 1.93 bits per heavy atom. The SMILES string of the molecule is CC(C)[C@]12O[C@H]1[C@@H]1O[C@]13[C@]1(O[C@H]1C[C@H]1C4=C(CC[C@@]13C)C(=O)OC4)[C@]2(O)CNc1ccc2nn(CCN3CCCCC3)cc2c1. The van der Waals surface area contributed by atoms with E-state index in [1.165, 1.54) is 32.4 Å². The molecule has 9 atom stereocenters. The number of likely N-dealkylation sites (tertiary alicyclic amines) is 1. The van der Waals surface area contributed by atoms with E-state index >= 15 is 0 Å². The van der Waals surface area contributed by atoms with E-state index in [-0.39, 0.29) is 41.5 Å². The number of esters is 1. The third-order valence-corrected chi connectivity index (χ3v) is 13.6. The number of anilines is 1. The minimum atomic E-state index is -1.31. The van der Waals surface area contributed by atoms with Crippen LogP contribution in [-0.4, -0.2) is 99.3 Å². The van der Waals surface area contributed by atoms with E-state index in [0.717, 1.165) is 53.7 Å². The molecule has 2 aromatic rings. The summed E-state index contributed by atoms with van der Waals surface area (Å²) in [6.45, 7) is 11.5. The molecule has 4 saturated heterocycles. The first kappa shape index (κ1) is 27.6. The number of cyclic esters (lactones) is 1. The fourth-order valence-corrected chi connectivity index (χ4v) is 11.3. The van der Waals surface area contributed by atoms with Gasteiger partial charge in [-0.05, 0) is 80.8 Å². The van der Waals surface area contributed by atoms with Crippen molar-refractivity contribution in [3.63, 3.8) is 0 Å². The first-order valence-electron chi connectivity index (χ1n) is 17.3. The monoisotopic (exact) mass is 616 g/mol. The fraction of sp³-hybridized carbons (Fsp3) is 0.714. The Labute approximate surface area is 263 Å². The van der Waals surface area contributed by atoms with Crippen molar-refractivity contribution in [1.82, 2.24) is 14.7 Å². The van der Waals surface area contributed by atoms with Gasteiger partial charge in [0.2, 0.25) is 0 Å². The Balaban J connectivity index is 0.957. The Kier molecular flexibility index (Phi) is 5.33. The number of benzene rings is 1. The van der Waals surface area contributed by atoms with Crippen molar-refractivity contribution in [2.75, 3.05) is 38.1 Å². The molecule has 5 aliphatic heterocycles. The molecule has 2 N–H and O–H groups in total. The van der Waals surface area contributed by atoms with E-state index in [9.17, 15) is 9.90 Å². The maximum atomic E-state index is 13.2. The van der Waals surface area contributed by atoms with E-state index in [1.54, 1.807) is 0 Å². The van der Waals surface area contributed by atoms with Crippen molar-refractivity contribution in [2.24, 2.45) is 17.3 Å². The quantitative estimate of drug-likeness (QED) is 0.357. The second-order valence-electron chi connectivity index (χ2n) is 15.7. The van der Waals surface area contributed by atoms with E-state index in [1.807, 2.05) is 0 Å². The third kappa shape index (κ3) is 3.14. The number of piperidine rings is 1. The lowest BCUT2D eigenvalue weighted by Crippen LogP contribution is -2.77. The number of nitrogens with one attached hydrogen (secondary N) is 1. The number of aliphatic hydroxyl groups is 1. The van der Waals surface area contributed by atoms with Crippen LogP contribution >= 0.6 is 0 Å². The molecule has 2 spiro atoms. The minimum Gasteiger partial charge on any atom is -0.458 e. The molecule has 6 fully saturated rings. The molecule has 10 nitrogen and oxygen atoms in total. The zero-order chi connectivity index (χ0) is 30.6. The van der Waals surface area contributed by atoms with Gasteiger partial charge in [-0.15, -0.1) is 0 Å². The van der Waals surface area contributed by atoms with Gasteiger partial charge in [-0.1, -0.05) is 27.2 Å². The van der Waals surface area contributed by atoms with Gasteiger partial charge in [-0.25, -0.2) is 4.79 Å². The zero-order valence-corrected chi connectivity index (χ0v) is 26.5. The highest BCUT2D eigenvalue weighted by Crippen LogP contribution is 2.85. The standard InChI is InChI=1S/C35H44N4O6/c1-20(2)33-28(44-33)29-35(45-29)31(3)10-9-23-24(18-42-30(23)40)25(31)16-27-34(35,43-27)32(33,41)19-36-22-7-8-26-21(15-22)17-39(37-26)14-13-38-11-5-4-6-12-38/h7-8,15,17,20,25,27-29,36,41H,4-6,9-14,16,18-19H2,1-3H3/t25-,27-,28-,29-,31-,32-,33-,34+,35+/m0/s1. The average molecular weight is 617 g/mol. The molecule has 45 heavy (non-hydrogen) atoms.